The van der Waals surface area contributed by atoms with Crippen LogP contribution in [0.3, 0.4) is 0 Å². The summed E-state index contributed by atoms with van der Waals surface area (Å²) in [6, 6.07) is 10.3. The highest BCUT2D eigenvalue weighted by Gasteiger charge is 2.14. The standard InChI is InChI=1S/C17H15BrN2O4/c1-3-20-13-6-5-11(9-15(13)24-17(20)22)19-16(21)12-8-10(18)4-7-14(12)23-2/h4-9H,3H2,1-2H3,(H,19,21). The molecular weight excluding hydrogens is 376 g/mol. The maximum atomic E-state index is 12.5. The maximum absolute atomic E-state index is 12.5. The number of nitrogens with one attached hydrogen (secondary N) is 1. The van der Waals surface area contributed by atoms with Crippen LogP contribution in [0.4, 0.5) is 5.69 Å². The van der Waals surface area contributed by atoms with Crippen LogP contribution in [-0.2, 0) is 6.54 Å². The van der Waals surface area contributed by atoms with Crippen molar-refractivity contribution >= 4 is 38.6 Å². The van der Waals surface area contributed by atoms with Crippen molar-refractivity contribution in [1.82, 2.24) is 4.57 Å². The zero-order valence-electron chi connectivity index (χ0n) is 13.1. The van der Waals surface area contributed by atoms with Gasteiger partial charge in [-0.3, -0.25) is 9.36 Å². The van der Waals surface area contributed by atoms with E-state index in [0.717, 1.165) is 4.47 Å². The SMILES string of the molecule is CCn1c(=O)oc2cc(NC(=O)c3cc(Br)ccc3OC)ccc21. The highest BCUT2D eigenvalue weighted by Crippen LogP contribution is 2.25. The van der Waals surface area contributed by atoms with Crippen molar-refractivity contribution < 1.29 is 13.9 Å². The number of nitrogens with zero attached hydrogens (tertiary/aromatic N) is 1. The van der Waals surface area contributed by atoms with Crippen molar-refractivity contribution in [3.63, 3.8) is 0 Å². The van der Waals surface area contributed by atoms with Crippen LogP contribution < -0.4 is 15.8 Å². The van der Waals surface area contributed by atoms with Crippen LogP contribution in [0, 0.1) is 0 Å². The molecule has 124 valence electrons. The van der Waals surface area contributed by atoms with Gasteiger partial charge in [0.25, 0.3) is 5.91 Å². The molecule has 0 unspecified atom stereocenters. The molecule has 0 saturated heterocycles. The first-order valence-electron chi connectivity index (χ1n) is 7.31. The van der Waals surface area contributed by atoms with Crippen LogP contribution >= 0.6 is 15.9 Å². The molecule has 3 rings (SSSR count). The Bertz CT molecular complexity index is 974. The number of carbonyl (C=O) groups excluding carboxylic acids is 1. The molecule has 0 radical (unpaired) electrons. The third kappa shape index (κ3) is 2.94. The van der Waals surface area contributed by atoms with Crippen molar-refractivity contribution in [2.24, 2.45) is 0 Å². The first-order valence-corrected chi connectivity index (χ1v) is 8.11. The van der Waals surface area contributed by atoms with Crippen molar-refractivity contribution in [1.29, 1.82) is 0 Å². The van der Waals surface area contributed by atoms with Gasteiger partial charge in [0.05, 0.1) is 18.2 Å². The molecule has 0 aliphatic rings. The molecule has 24 heavy (non-hydrogen) atoms. The summed E-state index contributed by atoms with van der Waals surface area (Å²) in [7, 11) is 1.51. The van der Waals surface area contributed by atoms with Gasteiger partial charge in [0, 0.05) is 22.8 Å². The predicted octanol–water partition coefficient (Wildman–Crippen LogP) is 3.64. The minimum absolute atomic E-state index is 0.315. The van der Waals surface area contributed by atoms with E-state index >= 15 is 0 Å². The van der Waals surface area contributed by atoms with Crippen LogP contribution in [0.25, 0.3) is 11.1 Å². The summed E-state index contributed by atoms with van der Waals surface area (Å²) in [6.45, 7) is 2.39. The van der Waals surface area contributed by atoms with E-state index in [1.165, 1.54) is 11.7 Å². The molecule has 7 heteroatoms. The second kappa shape index (κ2) is 6.52. The molecule has 1 heterocycles. The summed E-state index contributed by atoms with van der Waals surface area (Å²) in [5.74, 6) is -0.255. The average Bonchev–Trinajstić information content (AvgIpc) is 2.88. The van der Waals surface area contributed by atoms with Gasteiger partial charge in [0.1, 0.15) is 5.75 Å². The lowest BCUT2D eigenvalue weighted by Gasteiger charge is -2.10. The first kappa shape index (κ1) is 16.3. The number of amides is 1. The lowest BCUT2D eigenvalue weighted by Crippen LogP contribution is -2.13. The van der Waals surface area contributed by atoms with Gasteiger partial charge in [-0.25, -0.2) is 4.79 Å². The fourth-order valence-electron chi connectivity index (χ4n) is 2.50. The highest BCUT2D eigenvalue weighted by atomic mass is 79.9. The van der Waals surface area contributed by atoms with Crippen LogP contribution in [0.2, 0.25) is 0 Å². The molecule has 0 aliphatic heterocycles. The van der Waals surface area contributed by atoms with Gasteiger partial charge >= 0.3 is 5.76 Å². The summed E-state index contributed by atoms with van der Waals surface area (Å²) < 4.78 is 12.7. The Hall–Kier alpha value is -2.54. The van der Waals surface area contributed by atoms with Gasteiger partial charge in [-0.1, -0.05) is 15.9 Å². The van der Waals surface area contributed by atoms with E-state index in [2.05, 4.69) is 21.2 Å². The Labute approximate surface area is 146 Å². The number of hydrogen-bond donors (Lipinski definition) is 1. The number of anilines is 1. The molecule has 1 aromatic heterocycles. The van der Waals surface area contributed by atoms with E-state index in [4.69, 9.17) is 9.15 Å². The molecule has 0 bridgehead atoms. The predicted molar refractivity (Wildman–Crippen MR) is 94.8 cm³/mol. The largest absolute Gasteiger partial charge is 0.496 e. The van der Waals surface area contributed by atoms with Crippen LogP contribution in [0.15, 0.2) is 50.1 Å². The van der Waals surface area contributed by atoms with Crippen LogP contribution in [0.5, 0.6) is 5.75 Å². The van der Waals surface area contributed by atoms with E-state index in [1.54, 1.807) is 36.4 Å². The summed E-state index contributed by atoms with van der Waals surface area (Å²) in [5.41, 5.74) is 2.06. The molecule has 0 atom stereocenters. The van der Waals surface area contributed by atoms with E-state index in [0.29, 0.717) is 34.6 Å². The van der Waals surface area contributed by atoms with Crippen molar-refractivity contribution in [3.05, 3.63) is 57.0 Å². The van der Waals surface area contributed by atoms with E-state index in [9.17, 15) is 9.59 Å². The minimum Gasteiger partial charge on any atom is -0.496 e. The number of hydrogen-bond acceptors (Lipinski definition) is 4. The Morgan fingerprint density at radius 3 is 2.79 bits per heavy atom. The van der Waals surface area contributed by atoms with Gasteiger partial charge in [0.15, 0.2) is 5.58 Å². The van der Waals surface area contributed by atoms with E-state index in [-0.39, 0.29) is 5.91 Å². The minimum atomic E-state index is -0.412. The number of methoxy groups -OCH3 is 1. The molecule has 6 nitrogen and oxygen atoms in total. The number of benzene rings is 2. The fourth-order valence-corrected chi connectivity index (χ4v) is 2.86. The van der Waals surface area contributed by atoms with Gasteiger partial charge in [-0.2, -0.15) is 0 Å². The zero-order chi connectivity index (χ0) is 17.3. The quantitative estimate of drug-likeness (QED) is 0.737. The van der Waals surface area contributed by atoms with Crippen LogP contribution in [0.1, 0.15) is 17.3 Å². The molecule has 0 fully saturated rings. The second-order valence-corrected chi connectivity index (χ2v) is 6.01. The molecule has 3 aromatic rings. The van der Waals surface area contributed by atoms with Crippen molar-refractivity contribution in [2.45, 2.75) is 13.5 Å². The molecule has 0 spiro atoms. The lowest BCUT2D eigenvalue weighted by molar-refractivity contribution is 0.102. The first-order chi connectivity index (χ1) is 11.5. The Balaban J connectivity index is 1.94. The Kier molecular flexibility index (Phi) is 4.44. The third-order valence-electron chi connectivity index (χ3n) is 3.65. The number of rotatable bonds is 4. The number of ether oxygens (including phenoxy) is 1. The topological polar surface area (TPSA) is 73.5 Å². The monoisotopic (exact) mass is 390 g/mol. The molecule has 2 aromatic carbocycles. The number of aryl methyl sites for hydroxylation is 1. The Morgan fingerprint density at radius 2 is 2.08 bits per heavy atom. The normalized spacial score (nSPS) is 10.8. The van der Waals surface area contributed by atoms with Gasteiger partial charge in [-0.15, -0.1) is 0 Å². The summed E-state index contributed by atoms with van der Waals surface area (Å²) in [6.07, 6.45) is 0. The summed E-state index contributed by atoms with van der Waals surface area (Å²) in [4.78, 5) is 24.2. The number of fused-ring (bicyclic) bond motifs is 1. The number of halogens is 1. The molecule has 0 aliphatic carbocycles. The maximum Gasteiger partial charge on any atom is 0.419 e. The molecule has 1 amide bonds. The zero-order valence-corrected chi connectivity index (χ0v) is 14.7. The number of carbonyl (C=O) groups is 1. The summed E-state index contributed by atoms with van der Waals surface area (Å²) in [5, 5.41) is 2.79. The highest BCUT2D eigenvalue weighted by molar-refractivity contribution is 9.10. The van der Waals surface area contributed by atoms with Gasteiger partial charge in [0.2, 0.25) is 0 Å². The average molecular weight is 391 g/mol. The lowest BCUT2D eigenvalue weighted by atomic mass is 10.2. The summed E-state index contributed by atoms with van der Waals surface area (Å²) >= 11 is 3.34. The molecule has 1 N–H and O–H groups in total. The number of aromatic nitrogens is 1. The fraction of sp³-hybridized carbons (Fsp3) is 0.176. The van der Waals surface area contributed by atoms with Crippen molar-refractivity contribution in [2.75, 3.05) is 12.4 Å². The van der Waals surface area contributed by atoms with Crippen molar-refractivity contribution in [3.8, 4) is 5.75 Å². The van der Waals surface area contributed by atoms with Gasteiger partial charge < -0.3 is 14.5 Å². The Morgan fingerprint density at radius 1 is 1.29 bits per heavy atom. The smallest absolute Gasteiger partial charge is 0.419 e. The third-order valence-corrected chi connectivity index (χ3v) is 4.14. The molecule has 0 saturated carbocycles. The van der Waals surface area contributed by atoms with E-state index < -0.39 is 5.76 Å². The second-order valence-electron chi connectivity index (χ2n) is 5.09. The van der Waals surface area contributed by atoms with E-state index in [1.807, 2.05) is 6.92 Å². The van der Waals surface area contributed by atoms with Gasteiger partial charge in [-0.05, 0) is 37.3 Å². The van der Waals surface area contributed by atoms with Crippen LogP contribution in [-0.4, -0.2) is 17.6 Å². The number of oxazole rings is 1. The molecular formula is C17H15BrN2O4.